The van der Waals surface area contributed by atoms with Gasteiger partial charge in [-0.05, 0) is 70.1 Å². The van der Waals surface area contributed by atoms with Gasteiger partial charge in [0.15, 0.2) is 0 Å². The minimum atomic E-state index is 0.934. The summed E-state index contributed by atoms with van der Waals surface area (Å²) >= 11 is 0. The van der Waals surface area contributed by atoms with Gasteiger partial charge < -0.3 is 10.2 Å². The van der Waals surface area contributed by atoms with E-state index in [2.05, 4.69) is 17.1 Å². The molecule has 1 N–H and O–H groups in total. The van der Waals surface area contributed by atoms with E-state index < -0.39 is 0 Å². The highest BCUT2D eigenvalue weighted by atomic mass is 15.1. The monoisotopic (exact) mass is 210 g/mol. The molecule has 0 saturated carbocycles. The number of hydrogen-bond acceptors (Lipinski definition) is 2. The highest BCUT2D eigenvalue weighted by molar-refractivity contribution is 4.74. The van der Waals surface area contributed by atoms with E-state index in [1.54, 1.807) is 0 Å². The zero-order valence-corrected chi connectivity index (χ0v) is 10.2. The Hall–Kier alpha value is -0.0800. The topological polar surface area (TPSA) is 15.3 Å². The second kappa shape index (κ2) is 5.86. The van der Waals surface area contributed by atoms with Crippen molar-refractivity contribution >= 4 is 0 Å². The molecule has 2 rings (SSSR count). The number of likely N-dealkylation sites (tertiary alicyclic amines) is 1. The van der Waals surface area contributed by atoms with Gasteiger partial charge in [-0.2, -0.15) is 0 Å². The summed E-state index contributed by atoms with van der Waals surface area (Å²) in [6, 6.07) is 0. The number of nitrogens with one attached hydrogen (secondary N) is 1. The molecule has 0 aliphatic carbocycles. The first-order valence-electron chi connectivity index (χ1n) is 6.77. The lowest BCUT2D eigenvalue weighted by Crippen LogP contribution is -2.37. The molecule has 15 heavy (non-hydrogen) atoms. The molecule has 2 heterocycles. The van der Waals surface area contributed by atoms with Gasteiger partial charge >= 0.3 is 0 Å². The van der Waals surface area contributed by atoms with Gasteiger partial charge in [0.2, 0.25) is 0 Å². The third-order valence-electron chi connectivity index (χ3n) is 3.99. The smallest absolute Gasteiger partial charge is 0.000703 e. The van der Waals surface area contributed by atoms with E-state index in [4.69, 9.17) is 0 Å². The van der Waals surface area contributed by atoms with Crippen LogP contribution in [0.1, 0.15) is 39.0 Å². The van der Waals surface area contributed by atoms with E-state index in [1.165, 1.54) is 64.8 Å². The van der Waals surface area contributed by atoms with E-state index in [0.717, 1.165) is 11.8 Å². The number of nitrogens with zero attached hydrogens (tertiary/aromatic N) is 1. The summed E-state index contributed by atoms with van der Waals surface area (Å²) in [6.45, 7) is 8.95. The summed E-state index contributed by atoms with van der Waals surface area (Å²) in [7, 11) is 0. The molecule has 0 spiro atoms. The number of rotatable bonds is 3. The third kappa shape index (κ3) is 3.76. The Morgan fingerprint density at radius 2 is 2.20 bits per heavy atom. The second-order valence-electron chi connectivity index (χ2n) is 5.55. The van der Waals surface area contributed by atoms with E-state index in [0.29, 0.717) is 0 Å². The fourth-order valence-electron chi connectivity index (χ4n) is 3.03. The predicted molar refractivity (Wildman–Crippen MR) is 65.0 cm³/mol. The molecule has 2 aliphatic rings. The molecular formula is C13H26N2. The Kier molecular flexibility index (Phi) is 4.45. The van der Waals surface area contributed by atoms with Crippen LogP contribution in [0.25, 0.3) is 0 Å². The van der Waals surface area contributed by atoms with Gasteiger partial charge in [-0.15, -0.1) is 0 Å². The first kappa shape index (κ1) is 11.4. The van der Waals surface area contributed by atoms with Crippen LogP contribution in [-0.2, 0) is 0 Å². The van der Waals surface area contributed by atoms with Gasteiger partial charge in [0, 0.05) is 6.54 Å². The Labute approximate surface area is 94.4 Å². The summed E-state index contributed by atoms with van der Waals surface area (Å²) < 4.78 is 0. The van der Waals surface area contributed by atoms with Gasteiger partial charge in [0.05, 0.1) is 0 Å². The summed E-state index contributed by atoms with van der Waals surface area (Å²) in [6.07, 6.45) is 7.13. The first-order chi connectivity index (χ1) is 7.34. The summed E-state index contributed by atoms with van der Waals surface area (Å²) in [4.78, 5) is 2.68. The Balaban J connectivity index is 1.63. The number of piperidine rings is 2. The van der Waals surface area contributed by atoms with Gasteiger partial charge in [-0.1, -0.05) is 6.92 Å². The molecule has 2 atom stereocenters. The van der Waals surface area contributed by atoms with Crippen molar-refractivity contribution < 1.29 is 0 Å². The molecule has 0 aromatic heterocycles. The van der Waals surface area contributed by atoms with E-state index in [9.17, 15) is 0 Å². The molecule has 2 aliphatic heterocycles. The van der Waals surface area contributed by atoms with Crippen LogP contribution in [0.2, 0.25) is 0 Å². The zero-order valence-electron chi connectivity index (χ0n) is 10.2. The van der Waals surface area contributed by atoms with Crippen molar-refractivity contribution in [1.82, 2.24) is 10.2 Å². The van der Waals surface area contributed by atoms with E-state index in [1.807, 2.05) is 0 Å². The normalized spacial score (nSPS) is 34.2. The second-order valence-corrected chi connectivity index (χ2v) is 5.55. The van der Waals surface area contributed by atoms with E-state index >= 15 is 0 Å². The Morgan fingerprint density at radius 3 is 2.93 bits per heavy atom. The van der Waals surface area contributed by atoms with Gasteiger partial charge in [-0.3, -0.25) is 0 Å². The predicted octanol–water partition coefficient (Wildman–Crippen LogP) is 2.11. The SMILES string of the molecule is C[C@H]1CCCN(CC[C@@H]2CCCNC2)C1. The van der Waals surface area contributed by atoms with Crippen molar-refractivity contribution in [3.05, 3.63) is 0 Å². The van der Waals surface area contributed by atoms with Crippen LogP contribution >= 0.6 is 0 Å². The van der Waals surface area contributed by atoms with Gasteiger partial charge in [0.1, 0.15) is 0 Å². The van der Waals surface area contributed by atoms with Crippen LogP contribution in [0.3, 0.4) is 0 Å². The van der Waals surface area contributed by atoms with Crippen molar-refractivity contribution in [2.24, 2.45) is 11.8 Å². The molecule has 88 valence electrons. The van der Waals surface area contributed by atoms with Crippen LogP contribution in [-0.4, -0.2) is 37.6 Å². The fraction of sp³-hybridized carbons (Fsp3) is 1.00. The minimum Gasteiger partial charge on any atom is -0.316 e. The lowest BCUT2D eigenvalue weighted by Gasteiger charge is -2.32. The average molecular weight is 210 g/mol. The summed E-state index contributed by atoms with van der Waals surface area (Å²) in [5.41, 5.74) is 0. The first-order valence-corrected chi connectivity index (χ1v) is 6.77. The number of hydrogen-bond donors (Lipinski definition) is 1. The van der Waals surface area contributed by atoms with Crippen LogP contribution in [0.5, 0.6) is 0 Å². The molecule has 0 unspecified atom stereocenters. The van der Waals surface area contributed by atoms with Crippen LogP contribution in [0.4, 0.5) is 0 Å². The van der Waals surface area contributed by atoms with Gasteiger partial charge in [-0.25, -0.2) is 0 Å². The third-order valence-corrected chi connectivity index (χ3v) is 3.99. The molecule has 2 fully saturated rings. The molecular weight excluding hydrogens is 184 g/mol. The highest BCUT2D eigenvalue weighted by Crippen LogP contribution is 2.19. The molecule has 0 amide bonds. The molecule has 0 aromatic carbocycles. The molecule has 0 bridgehead atoms. The van der Waals surface area contributed by atoms with Crippen molar-refractivity contribution in [2.75, 3.05) is 32.7 Å². The Bertz CT molecular complexity index is 175. The molecule has 0 radical (unpaired) electrons. The van der Waals surface area contributed by atoms with Gasteiger partial charge in [0.25, 0.3) is 0 Å². The highest BCUT2D eigenvalue weighted by Gasteiger charge is 2.18. The quantitative estimate of drug-likeness (QED) is 0.767. The largest absolute Gasteiger partial charge is 0.316 e. The van der Waals surface area contributed by atoms with E-state index in [-0.39, 0.29) is 0 Å². The van der Waals surface area contributed by atoms with Crippen molar-refractivity contribution in [1.29, 1.82) is 0 Å². The van der Waals surface area contributed by atoms with Crippen molar-refractivity contribution in [3.63, 3.8) is 0 Å². The van der Waals surface area contributed by atoms with Crippen molar-refractivity contribution in [3.8, 4) is 0 Å². The minimum absolute atomic E-state index is 0.934. The molecule has 0 aromatic rings. The average Bonchev–Trinajstić information content (AvgIpc) is 2.28. The molecule has 2 nitrogen and oxygen atoms in total. The van der Waals surface area contributed by atoms with Crippen LogP contribution in [0.15, 0.2) is 0 Å². The lowest BCUT2D eigenvalue weighted by atomic mass is 9.94. The summed E-state index contributed by atoms with van der Waals surface area (Å²) in [5.74, 6) is 1.89. The lowest BCUT2D eigenvalue weighted by molar-refractivity contribution is 0.168. The maximum absolute atomic E-state index is 3.51. The molecule has 2 heteroatoms. The summed E-state index contributed by atoms with van der Waals surface area (Å²) in [5, 5.41) is 3.51. The maximum atomic E-state index is 3.51. The van der Waals surface area contributed by atoms with Crippen LogP contribution in [0, 0.1) is 11.8 Å². The maximum Gasteiger partial charge on any atom is 0.000703 e. The fourth-order valence-corrected chi connectivity index (χ4v) is 3.03. The zero-order chi connectivity index (χ0) is 10.5. The van der Waals surface area contributed by atoms with Crippen molar-refractivity contribution in [2.45, 2.75) is 39.0 Å². The molecule has 2 saturated heterocycles. The Morgan fingerprint density at radius 1 is 1.27 bits per heavy atom. The van der Waals surface area contributed by atoms with Crippen LogP contribution < -0.4 is 5.32 Å². The standard InChI is InChI=1S/C13H26N2/c1-12-4-3-8-15(11-12)9-6-13-5-2-7-14-10-13/h12-14H,2-11H2,1H3/t12-,13-/m0/s1.